The second-order valence-electron chi connectivity index (χ2n) is 10.9. The molecule has 1 amide bonds. The Bertz CT molecular complexity index is 1430. The predicted molar refractivity (Wildman–Crippen MR) is 142 cm³/mol. The van der Waals surface area contributed by atoms with E-state index in [9.17, 15) is 4.79 Å². The molecule has 1 saturated carbocycles. The van der Waals surface area contributed by atoms with Gasteiger partial charge in [0.25, 0.3) is 0 Å². The van der Waals surface area contributed by atoms with E-state index in [1.165, 1.54) is 67.9 Å². The summed E-state index contributed by atoms with van der Waals surface area (Å²) in [5, 5.41) is 5.80. The fourth-order valence-corrected chi connectivity index (χ4v) is 7.64. The molecule has 0 radical (unpaired) electrons. The summed E-state index contributed by atoms with van der Waals surface area (Å²) >= 11 is 1.90. The van der Waals surface area contributed by atoms with Crippen LogP contribution in [0.5, 0.6) is 0 Å². The first kappa shape index (κ1) is 22.8. The number of thiophene rings is 1. The first-order valence-electron chi connectivity index (χ1n) is 13.1. The third-order valence-electron chi connectivity index (χ3n) is 8.46. The second kappa shape index (κ2) is 8.47. The molecular formula is C28H35N5OS. The SMILES string of the molecule is Cc1c(-c2[nH]c3sc([C@H]4C[C@H](C(=O)N5CCCCC5)C4)c(C)c3c2C(C)C)cn2ncnc2c1C. The number of aromatic amines is 1. The first-order valence-corrected chi connectivity index (χ1v) is 13.9. The molecule has 0 aromatic carbocycles. The summed E-state index contributed by atoms with van der Waals surface area (Å²) in [5.74, 6) is 1.53. The standard InChI is InChI=1S/C28H35N5OS/c1-15(2)22-23-18(5)25(19-11-20(12-19)28(34)32-9-7-6-8-10-32)35-27(23)31-24(22)21-13-33-26(29-14-30-33)17(4)16(21)3/h13-15,19-20,31H,6-12H2,1-5H3/t19-,20-. The van der Waals surface area contributed by atoms with Crippen LogP contribution in [0.15, 0.2) is 12.5 Å². The van der Waals surface area contributed by atoms with Gasteiger partial charge in [-0.05, 0) is 87.0 Å². The predicted octanol–water partition coefficient (Wildman–Crippen LogP) is 6.49. The molecule has 0 spiro atoms. The van der Waals surface area contributed by atoms with Crippen molar-refractivity contribution in [1.82, 2.24) is 24.5 Å². The number of hydrogen-bond donors (Lipinski definition) is 1. The van der Waals surface area contributed by atoms with Crippen molar-refractivity contribution < 1.29 is 4.79 Å². The summed E-state index contributed by atoms with van der Waals surface area (Å²) in [7, 11) is 0. The first-order chi connectivity index (χ1) is 16.8. The number of carbonyl (C=O) groups excluding carboxylic acids is 1. The van der Waals surface area contributed by atoms with Crippen LogP contribution in [-0.4, -0.2) is 43.5 Å². The Labute approximate surface area is 210 Å². The van der Waals surface area contributed by atoms with Crippen molar-refractivity contribution in [3.8, 4) is 11.3 Å². The third-order valence-corrected chi connectivity index (χ3v) is 9.83. The Morgan fingerprint density at radius 1 is 1.09 bits per heavy atom. The number of pyridine rings is 1. The molecule has 1 saturated heterocycles. The van der Waals surface area contributed by atoms with Crippen molar-refractivity contribution in [1.29, 1.82) is 0 Å². The molecule has 5 heterocycles. The summed E-state index contributed by atoms with van der Waals surface area (Å²) in [6, 6.07) is 0. The van der Waals surface area contributed by atoms with E-state index in [4.69, 9.17) is 0 Å². The largest absolute Gasteiger partial charge is 0.346 e. The number of aromatic nitrogens is 4. The third kappa shape index (κ3) is 3.53. The topological polar surface area (TPSA) is 66.3 Å². The van der Waals surface area contributed by atoms with Crippen LogP contribution in [0.1, 0.15) is 84.9 Å². The number of nitrogens with zero attached hydrogens (tertiary/aromatic N) is 4. The molecule has 7 heteroatoms. The highest BCUT2D eigenvalue weighted by molar-refractivity contribution is 7.19. The van der Waals surface area contributed by atoms with Gasteiger partial charge in [-0.15, -0.1) is 11.3 Å². The molecule has 4 aromatic heterocycles. The normalized spacial score (nSPS) is 20.8. The van der Waals surface area contributed by atoms with Gasteiger partial charge in [0.1, 0.15) is 11.2 Å². The Balaban J connectivity index is 1.34. The van der Waals surface area contributed by atoms with Crippen molar-refractivity contribution in [3.63, 3.8) is 0 Å². The van der Waals surface area contributed by atoms with Crippen LogP contribution in [0, 0.1) is 26.7 Å². The minimum atomic E-state index is 0.220. The molecule has 1 aliphatic carbocycles. The zero-order valence-electron chi connectivity index (χ0n) is 21.4. The zero-order valence-corrected chi connectivity index (χ0v) is 22.3. The number of nitrogens with one attached hydrogen (secondary N) is 1. The van der Waals surface area contributed by atoms with E-state index in [-0.39, 0.29) is 5.92 Å². The highest BCUT2D eigenvalue weighted by atomic mass is 32.1. The van der Waals surface area contributed by atoms with Gasteiger partial charge in [0.2, 0.25) is 5.91 Å². The van der Waals surface area contributed by atoms with Gasteiger partial charge in [-0.2, -0.15) is 5.10 Å². The van der Waals surface area contributed by atoms with E-state index in [2.05, 4.69) is 60.8 Å². The second-order valence-corrected chi connectivity index (χ2v) is 12.0. The number of hydrogen-bond acceptors (Lipinski definition) is 4. The molecule has 1 N–H and O–H groups in total. The van der Waals surface area contributed by atoms with Crippen LogP contribution < -0.4 is 0 Å². The molecule has 184 valence electrons. The summed E-state index contributed by atoms with van der Waals surface area (Å²) in [4.78, 5) is 26.1. The molecule has 2 aliphatic rings. The quantitative estimate of drug-likeness (QED) is 0.356. The van der Waals surface area contributed by atoms with Crippen molar-refractivity contribution in [2.75, 3.05) is 13.1 Å². The van der Waals surface area contributed by atoms with E-state index in [0.717, 1.165) is 31.6 Å². The van der Waals surface area contributed by atoms with E-state index in [1.807, 2.05) is 15.9 Å². The summed E-state index contributed by atoms with van der Waals surface area (Å²) < 4.78 is 1.89. The van der Waals surface area contributed by atoms with Crippen molar-refractivity contribution >= 4 is 33.1 Å². The maximum Gasteiger partial charge on any atom is 0.225 e. The van der Waals surface area contributed by atoms with Gasteiger partial charge < -0.3 is 9.88 Å². The fraction of sp³-hybridized carbons (Fsp3) is 0.536. The molecule has 0 bridgehead atoms. The lowest BCUT2D eigenvalue weighted by atomic mass is 9.72. The van der Waals surface area contributed by atoms with Gasteiger partial charge in [-0.1, -0.05) is 13.8 Å². The molecule has 0 unspecified atom stereocenters. The number of likely N-dealkylation sites (tertiary alicyclic amines) is 1. The zero-order chi connectivity index (χ0) is 24.4. The monoisotopic (exact) mass is 489 g/mol. The maximum atomic E-state index is 13.0. The maximum absolute atomic E-state index is 13.0. The Morgan fingerprint density at radius 3 is 2.54 bits per heavy atom. The van der Waals surface area contributed by atoms with Gasteiger partial charge in [-0.3, -0.25) is 4.79 Å². The van der Waals surface area contributed by atoms with E-state index < -0.39 is 0 Å². The summed E-state index contributed by atoms with van der Waals surface area (Å²) in [6.45, 7) is 13.1. The Hall–Kier alpha value is -2.67. The number of H-pyrrole nitrogens is 1. The number of piperidine rings is 1. The molecule has 35 heavy (non-hydrogen) atoms. The van der Waals surface area contributed by atoms with Crippen LogP contribution in [0.2, 0.25) is 0 Å². The van der Waals surface area contributed by atoms with Gasteiger partial charge in [0.05, 0.1) is 5.69 Å². The number of fused-ring (bicyclic) bond motifs is 2. The van der Waals surface area contributed by atoms with E-state index >= 15 is 0 Å². The highest BCUT2D eigenvalue weighted by Crippen LogP contribution is 2.51. The summed E-state index contributed by atoms with van der Waals surface area (Å²) in [5.41, 5.74) is 8.54. The van der Waals surface area contributed by atoms with Crippen LogP contribution in [-0.2, 0) is 4.79 Å². The van der Waals surface area contributed by atoms with Crippen molar-refractivity contribution in [2.45, 2.75) is 78.6 Å². The number of aryl methyl sites for hydroxylation is 2. The van der Waals surface area contributed by atoms with Gasteiger partial charge >= 0.3 is 0 Å². The van der Waals surface area contributed by atoms with Gasteiger partial charge in [0, 0.05) is 41.0 Å². The number of amides is 1. The molecule has 6 rings (SSSR count). The average molecular weight is 490 g/mol. The average Bonchev–Trinajstić information content (AvgIpc) is 3.51. The molecular weight excluding hydrogens is 454 g/mol. The van der Waals surface area contributed by atoms with Crippen LogP contribution in [0.3, 0.4) is 0 Å². The Morgan fingerprint density at radius 2 is 1.83 bits per heavy atom. The van der Waals surface area contributed by atoms with Crippen LogP contribution in [0.4, 0.5) is 0 Å². The smallest absolute Gasteiger partial charge is 0.225 e. The summed E-state index contributed by atoms with van der Waals surface area (Å²) in [6.07, 6.45) is 9.35. The number of rotatable bonds is 4. The minimum absolute atomic E-state index is 0.220. The molecule has 6 nitrogen and oxygen atoms in total. The lowest BCUT2D eigenvalue weighted by molar-refractivity contribution is -0.139. The van der Waals surface area contributed by atoms with Crippen LogP contribution >= 0.6 is 11.3 Å². The van der Waals surface area contributed by atoms with Crippen molar-refractivity contribution in [3.05, 3.63) is 39.7 Å². The lowest BCUT2D eigenvalue weighted by Gasteiger charge is -2.38. The van der Waals surface area contributed by atoms with Crippen LogP contribution in [0.25, 0.3) is 27.1 Å². The number of carbonyl (C=O) groups is 1. The van der Waals surface area contributed by atoms with Gasteiger partial charge in [-0.25, -0.2) is 9.50 Å². The Kier molecular flexibility index (Phi) is 5.51. The minimum Gasteiger partial charge on any atom is -0.346 e. The lowest BCUT2D eigenvalue weighted by Crippen LogP contribution is -2.43. The van der Waals surface area contributed by atoms with Crippen molar-refractivity contribution in [2.24, 2.45) is 5.92 Å². The molecule has 1 aliphatic heterocycles. The van der Waals surface area contributed by atoms with Gasteiger partial charge in [0.15, 0.2) is 5.65 Å². The van der Waals surface area contributed by atoms with E-state index in [1.54, 1.807) is 6.33 Å². The molecule has 0 atom stereocenters. The fourth-order valence-electron chi connectivity index (χ4n) is 6.29. The molecule has 2 fully saturated rings. The molecule has 4 aromatic rings. The van der Waals surface area contributed by atoms with E-state index in [0.29, 0.717) is 17.7 Å². The highest BCUT2D eigenvalue weighted by Gasteiger charge is 2.40.